The first-order valence-electron chi connectivity index (χ1n) is 11.4. The van der Waals surface area contributed by atoms with E-state index in [9.17, 15) is 29.4 Å². The Hall–Kier alpha value is -2.90. The van der Waals surface area contributed by atoms with Crippen LogP contribution in [-0.2, 0) is 25.6 Å². The van der Waals surface area contributed by atoms with Gasteiger partial charge >= 0.3 is 11.9 Å². The third-order valence-electron chi connectivity index (χ3n) is 6.64. The molecule has 0 radical (unpaired) electrons. The summed E-state index contributed by atoms with van der Waals surface area (Å²) in [6.07, 6.45) is 5.61. The highest BCUT2D eigenvalue weighted by Gasteiger charge is 2.40. The molecule has 0 bridgehead atoms. The van der Waals surface area contributed by atoms with E-state index >= 15 is 0 Å². The number of carbonyl (C=O) groups is 4. The van der Waals surface area contributed by atoms with Gasteiger partial charge in [-0.25, -0.2) is 0 Å². The molecule has 0 spiro atoms. The summed E-state index contributed by atoms with van der Waals surface area (Å²) in [5.74, 6) is -5.43. The number of hydrogen-bond acceptors (Lipinski definition) is 4. The van der Waals surface area contributed by atoms with Crippen molar-refractivity contribution in [2.75, 3.05) is 0 Å². The normalized spacial score (nSPS) is 24.8. The van der Waals surface area contributed by atoms with Crippen LogP contribution in [0.2, 0.25) is 0 Å². The SMILES string of the molecule is O=C(O)C1CC(C(=O)N[C@@H](Cc2ccccc2)C(=O)NC2CCCCC2)C[C@H](C(=O)O)C1. The number of aliphatic carboxylic acids is 2. The standard InChI is InChI=1S/C24H32N2O6/c27-21(16-12-17(23(29)30)14-18(13-16)24(31)32)26-20(11-15-7-3-1-4-8-15)22(28)25-19-9-5-2-6-10-19/h1,3-4,7-8,16-20H,2,5-6,9-14H2,(H,25,28)(H,26,27)(H,29,30)(H,31,32)/t16?,17-,18?,20-/m0/s1. The maximum Gasteiger partial charge on any atom is 0.306 e. The first-order chi connectivity index (χ1) is 15.3. The molecule has 174 valence electrons. The molecule has 0 aliphatic heterocycles. The molecular weight excluding hydrogens is 412 g/mol. The lowest BCUT2D eigenvalue weighted by molar-refractivity contribution is -0.150. The van der Waals surface area contributed by atoms with Gasteiger partial charge in [-0.1, -0.05) is 49.6 Å². The van der Waals surface area contributed by atoms with E-state index in [-0.39, 0.29) is 31.2 Å². The van der Waals surface area contributed by atoms with Gasteiger partial charge in [-0.05, 0) is 37.7 Å². The molecule has 2 amide bonds. The van der Waals surface area contributed by atoms with Crippen molar-refractivity contribution in [3.05, 3.63) is 35.9 Å². The molecule has 2 aliphatic carbocycles. The van der Waals surface area contributed by atoms with Gasteiger partial charge in [0, 0.05) is 18.4 Å². The molecule has 2 unspecified atom stereocenters. The summed E-state index contributed by atoms with van der Waals surface area (Å²) >= 11 is 0. The molecule has 32 heavy (non-hydrogen) atoms. The van der Waals surface area contributed by atoms with Crippen LogP contribution >= 0.6 is 0 Å². The number of carboxylic acid groups (broad SMARTS) is 2. The zero-order valence-corrected chi connectivity index (χ0v) is 18.2. The fraction of sp³-hybridized carbons (Fsp3) is 0.583. The van der Waals surface area contributed by atoms with Gasteiger partial charge in [0.25, 0.3) is 0 Å². The Morgan fingerprint density at radius 1 is 0.844 bits per heavy atom. The third-order valence-corrected chi connectivity index (χ3v) is 6.64. The van der Waals surface area contributed by atoms with Crippen molar-refractivity contribution in [3.63, 3.8) is 0 Å². The lowest BCUT2D eigenvalue weighted by Crippen LogP contribution is -2.53. The number of carbonyl (C=O) groups excluding carboxylic acids is 2. The zero-order chi connectivity index (χ0) is 23.1. The van der Waals surface area contributed by atoms with E-state index in [1.807, 2.05) is 30.3 Å². The summed E-state index contributed by atoms with van der Waals surface area (Å²) in [4.78, 5) is 49.1. The minimum Gasteiger partial charge on any atom is -0.481 e. The van der Waals surface area contributed by atoms with Crippen molar-refractivity contribution in [3.8, 4) is 0 Å². The summed E-state index contributed by atoms with van der Waals surface area (Å²) in [7, 11) is 0. The lowest BCUT2D eigenvalue weighted by atomic mass is 9.74. The molecule has 2 fully saturated rings. The van der Waals surface area contributed by atoms with E-state index < -0.39 is 41.6 Å². The smallest absolute Gasteiger partial charge is 0.306 e. The molecule has 8 nitrogen and oxygen atoms in total. The Balaban J connectivity index is 1.71. The van der Waals surface area contributed by atoms with Gasteiger partial charge in [0.15, 0.2) is 0 Å². The average Bonchev–Trinajstić information content (AvgIpc) is 2.79. The number of benzene rings is 1. The lowest BCUT2D eigenvalue weighted by Gasteiger charge is -2.31. The summed E-state index contributed by atoms with van der Waals surface area (Å²) in [5, 5.41) is 24.7. The minimum atomic E-state index is -1.09. The molecule has 2 aliphatic rings. The van der Waals surface area contributed by atoms with E-state index in [1.165, 1.54) is 0 Å². The molecule has 0 heterocycles. The third kappa shape index (κ3) is 6.55. The number of amides is 2. The summed E-state index contributed by atoms with van der Waals surface area (Å²) in [6.45, 7) is 0. The van der Waals surface area contributed by atoms with Gasteiger partial charge in [-0.15, -0.1) is 0 Å². The van der Waals surface area contributed by atoms with Crippen molar-refractivity contribution in [1.82, 2.24) is 10.6 Å². The van der Waals surface area contributed by atoms with Crippen LogP contribution in [0.1, 0.15) is 56.9 Å². The van der Waals surface area contributed by atoms with Crippen molar-refractivity contribution in [2.24, 2.45) is 17.8 Å². The Morgan fingerprint density at radius 2 is 1.41 bits per heavy atom. The van der Waals surface area contributed by atoms with Crippen LogP contribution in [-0.4, -0.2) is 46.0 Å². The van der Waals surface area contributed by atoms with Gasteiger partial charge in [0.05, 0.1) is 11.8 Å². The topological polar surface area (TPSA) is 133 Å². The zero-order valence-electron chi connectivity index (χ0n) is 18.2. The van der Waals surface area contributed by atoms with Crippen LogP contribution in [0.4, 0.5) is 0 Å². The molecule has 1 aromatic carbocycles. The Morgan fingerprint density at radius 3 is 1.97 bits per heavy atom. The molecule has 4 atom stereocenters. The first kappa shape index (κ1) is 23.8. The fourth-order valence-corrected chi connectivity index (χ4v) is 4.83. The largest absolute Gasteiger partial charge is 0.481 e. The average molecular weight is 445 g/mol. The maximum absolute atomic E-state index is 13.1. The summed E-state index contributed by atoms with van der Waals surface area (Å²) in [6, 6.07) is 8.66. The number of rotatable bonds is 8. The van der Waals surface area contributed by atoms with Crippen LogP contribution in [0.5, 0.6) is 0 Å². The van der Waals surface area contributed by atoms with Crippen LogP contribution in [0.25, 0.3) is 0 Å². The maximum atomic E-state index is 13.1. The number of nitrogens with one attached hydrogen (secondary N) is 2. The van der Waals surface area contributed by atoms with E-state index in [2.05, 4.69) is 10.6 Å². The summed E-state index contributed by atoms with van der Waals surface area (Å²) < 4.78 is 0. The van der Waals surface area contributed by atoms with E-state index in [0.29, 0.717) is 6.42 Å². The van der Waals surface area contributed by atoms with Gasteiger partial charge in [-0.3, -0.25) is 19.2 Å². The van der Waals surface area contributed by atoms with Crippen LogP contribution < -0.4 is 10.6 Å². The second-order valence-electron chi connectivity index (χ2n) is 9.07. The Kier molecular flexibility index (Phi) is 8.25. The quantitative estimate of drug-likeness (QED) is 0.487. The van der Waals surface area contributed by atoms with E-state index in [0.717, 1.165) is 37.7 Å². The van der Waals surface area contributed by atoms with E-state index in [4.69, 9.17) is 0 Å². The predicted octanol–water partition coefficient (Wildman–Crippen LogP) is 2.36. The molecule has 0 aromatic heterocycles. The van der Waals surface area contributed by atoms with Crippen molar-refractivity contribution >= 4 is 23.8 Å². The second-order valence-corrected chi connectivity index (χ2v) is 9.07. The molecular formula is C24H32N2O6. The Labute approximate surface area is 187 Å². The highest BCUT2D eigenvalue weighted by molar-refractivity contribution is 5.89. The molecule has 1 aromatic rings. The highest BCUT2D eigenvalue weighted by atomic mass is 16.4. The minimum absolute atomic E-state index is 0.0179. The van der Waals surface area contributed by atoms with Gasteiger partial charge in [-0.2, -0.15) is 0 Å². The monoisotopic (exact) mass is 444 g/mol. The molecule has 8 heteroatoms. The van der Waals surface area contributed by atoms with Crippen molar-refractivity contribution < 1.29 is 29.4 Å². The number of carboxylic acids is 2. The first-order valence-corrected chi connectivity index (χ1v) is 11.4. The van der Waals surface area contributed by atoms with Gasteiger partial charge in [0.2, 0.25) is 11.8 Å². The fourth-order valence-electron chi connectivity index (χ4n) is 4.83. The predicted molar refractivity (Wildman–Crippen MR) is 117 cm³/mol. The Bertz CT molecular complexity index is 799. The van der Waals surface area contributed by atoms with Crippen molar-refractivity contribution in [2.45, 2.75) is 69.9 Å². The van der Waals surface area contributed by atoms with Crippen LogP contribution in [0, 0.1) is 17.8 Å². The van der Waals surface area contributed by atoms with Gasteiger partial charge in [0.1, 0.15) is 6.04 Å². The second kappa shape index (κ2) is 11.1. The molecule has 3 rings (SSSR count). The van der Waals surface area contributed by atoms with Crippen molar-refractivity contribution in [1.29, 1.82) is 0 Å². The molecule has 2 saturated carbocycles. The summed E-state index contributed by atoms with van der Waals surface area (Å²) in [5.41, 5.74) is 0.895. The molecule has 4 N–H and O–H groups in total. The molecule has 0 saturated heterocycles. The van der Waals surface area contributed by atoms with Crippen LogP contribution in [0.15, 0.2) is 30.3 Å². The van der Waals surface area contributed by atoms with Gasteiger partial charge < -0.3 is 20.8 Å². The van der Waals surface area contributed by atoms with E-state index in [1.54, 1.807) is 0 Å². The number of hydrogen-bond donors (Lipinski definition) is 4. The van der Waals surface area contributed by atoms with Crippen LogP contribution in [0.3, 0.4) is 0 Å². The highest BCUT2D eigenvalue weighted by Crippen LogP contribution is 2.34.